The molecule has 1 aromatic heterocycles. The highest BCUT2D eigenvalue weighted by Gasteiger charge is 2.13. The quantitative estimate of drug-likeness (QED) is 0.837. The van der Waals surface area contributed by atoms with E-state index in [0.29, 0.717) is 17.8 Å². The lowest BCUT2D eigenvalue weighted by Crippen LogP contribution is -2.26. The minimum atomic E-state index is -0.320. The fourth-order valence-electron chi connectivity index (χ4n) is 1.76. The van der Waals surface area contributed by atoms with E-state index in [-0.39, 0.29) is 24.8 Å². The van der Waals surface area contributed by atoms with E-state index >= 15 is 0 Å². The van der Waals surface area contributed by atoms with E-state index in [2.05, 4.69) is 5.32 Å². The Hall–Kier alpha value is -2.30. The molecule has 0 unspecified atom stereocenters. The average Bonchev–Trinajstić information content (AvgIpc) is 2.82. The highest BCUT2D eigenvalue weighted by molar-refractivity contribution is 6.05. The number of nitrogens with one attached hydrogen (secondary N) is 1. The van der Waals surface area contributed by atoms with Crippen LogP contribution in [0, 0.1) is 0 Å². The van der Waals surface area contributed by atoms with Crippen molar-refractivity contribution in [3.05, 3.63) is 36.1 Å². The van der Waals surface area contributed by atoms with Gasteiger partial charge in [-0.2, -0.15) is 0 Å². The van der Waals surface area contributed by atoms with E-state index in [1.165, 1.54) is 6.26 Å². The minimum absolute atomic E-state index is 0.162. The SMILES string of the molecule is CCOC(=O)CCNC(=O)c1coc2ccccc12. The first kappa shape index (κ1) is 13.1. The highest BCUT2D eigenvalue weighted by Crippen LogP contribution is 2.20. The van der Waals surface area contributed by atoms with Gasteiger partial charge in [0.2, 0.25) is 0 Å². The number of benzene rings is 1. The summed E-state index contributed by atoms with van der Waals surface area (Å²) in [6, 6.07) is 7.30. The third-order valence-electron chi connectivity index (χ3n) is 2.65. The summed E-state index contributed by atoms with van der Waals surface area (Å²) >= 11 is 0. The van der Waals surface area contributed by atoms with E-state index in [1.807, 2.05) is 18.2 Å². The standard InChI is InChI=1S/C14H15NO4/c1-2-18-13(16)7-8-15-14(17)11-9-19-12-6-4-3-5-10(11)12/h3-6,9H,2,7-8H2,1H3,(H,15,17). The predicted octanol–water partition coefficient (Wildman–Crippen LogP) is 2.12. The molecular weight excluding hydrogens is 246 g/mol. The van der Waals surface area contributed by atoms with Crippen LogP contribution >= 0.6 is 0 Å². The number of ether oxygens (including phenoxy) is 1. The number of carbonyl (C=O) groups is 2. The van der Waals surface area contributed by atoms with Crippen molar-refractivity contribution in [2.75, 3.05) is 13.2 Å². The molecule has 100 valence electrons. The number of fused-ring (bicyclic) bond motifs is 1. The molecule has 1 N–H and O–H groups in total. The molecule has 0 fully saturated rings. The molecule has 0 saturated heterocycles. The molecular formula is C14H15NO4. The van der Waals surface area contributed by atoms with Crippen LogP contribution in [-0.4, -0.2) is 25.0 Å². The Labute approximate surface area is 110 Å². The topological polar surface area (TPSA) is 68.5 Å². The first-order chi connectivity index (χ1) is 9.22. The van der Waals surface area contributed by atoms with Gasteiger partial charge in [-0.05, 0) is 13.0 Å². The molecule has 0 bridgehead atoms. The highest BCUT2D eigenvalue weighted by atomic mass is 16.5. The molecule has 5 heteroatoms. The summed E-state index contributed by atoms with van der Waals surface area (Å²) in [5.41, 5.74) is 1.14. The van der Waals surface area contributed by atoms with Crippen LogP contribution in [0.2, 0.25) is 0 Å². The lowest BCUT2D eigenvalue weighted by molar-refractivity contribution is -0.142. The summed E-state index contributed by atoms with van der Waals surface area (Å²) < 4.78 is 10.1. The zero-order valence-electron chi connectivity index (χ0n) is 10.6. The molecule has 2 rings (SSSR count). The van der Waals surface area contributed by atoms with Gasteiger partial charge in [0.1, 0.15) is 11.8 Å². The van der Waals surface area contributed by atoms with Gasteiger partial charge in [-0.1, -0.05) is 18.2 Å². The monoisotopic (exact) mass is 261 g/mol. The second-order valence-corrected chi connectivity index (χ2v) is 3.96. The molecule has 0 radical (unpaired) electrons. The van der Waals surface area contributed by atoms with Crippen LogP contribution in [0.25, 0.3) is 11.0 Å². The van der Waals surface area contributed by atoms with Crippen molar-refractivity contribution in [3.63, 3.8) is 0 Å². The summed E-state index contributed by atoms with van der Waals surface area (Å²) in [7, 11) is 0. The number of amides is 1. The number of para-hydroxylation sites is 1. The van der Waals surface area contributed by atoms with Crippen molar-refractivity contribution < 1.29 is 18.7 Å². The Balaban J connectivity index is 1.95. The minimum Gasteiger partial charge on any atom is -0.466 e. The molecule has 0 atom stereocenters. The number of hydrogen-bond donors (Lipinski definition) is 1. The summed E-state index contributed by atoms with van der Waals surface area (Å²) in [4.78, 5) is 23.1. The van der Waals surface area contributed by atoms with Gasteiger partial charge in [0, 0.05) is 11.9 Å². The van der Waals surface area contributed by atoms with Crippen LogP contribution in [0.1, 0.15) is 23.7 Å². The summed E-state index contributed by atoms with van der Waals surface area (Å²) in [5, 5.41) is 3.43. The summed E-state index contributed by atoms with van der Waals surface area (Å²) in [6.07, 6.45) is 1.58. The van der Waals surface area contributed by atoms with E-state index in [9.17, 15) is 9.59 Å². The number of esters is 1. The third-order valence-corrected chi connectivity index (χ3v) is 2.65. The average molecular weight is 261 g/mol. The zero-order chi connectivity index (χ0) is 13.7. The summed E-state index contributed by atoms with van der Waals surface area (Å²) in [6.45, 7) is 2.34. The van der Waals surface area contributed by atoms with Gasteiger partial charge in [0.25, 0.3) is 5.91 Å². The molecule has 1 aromatic carbocycles. The number of furan rings is 1. The lowest BCUT2D eigenvalue weighted by atomic mass is 10.1. The Morgan fingerprint density at radius 3 is 2.89 bits per heavy atom. The van der Waals surface area contributed by atoms with Crippen LogP contribution in [0.15, 0.2) is 34.9 Å². The van der Waals surface area contributed by atoms with Crippen LogP contribution < -0.4 is 5.32 Å². The molecule has 0 spiro atoms. The first-order valence-corrected chi connectivity index (χ1v) is 6.12. The largest absolute Gasteiger partial charge is 0.466 e. The molecule has 1 heterocycles. The maximum absolute atomic E-state index is 11.9. The second kappa shape index (κ2) is 6.04. The van der Waals surface area contributed by atoms with Crippen LogP contribution in [0.5, 0.6) is 0 Å². The Kier molecular flexibility index (Phi) is 4.18. The lowest BCUT2D eigenvalue weighted by Gasteiger charge is -2.03. The van der Waals surface area contributed by atoms with Gasteiger partial charge >= 0.3 is 5.97 Å². The van der Waals surface area contributed by atoms with Gasteiger partial charge in [0.15, 0.2) is 0 Å². The normalized spacial score (nSPS) is 10.4. The fourth-order valence-corrected chi connectivity index (χ4v) is 1.76. The van der Waals surface area contributed by atoms with Crippen molar-refractivity contribution in [1.82, 2.24) is 5.32 Å². The van der Waals surface area contributed by atoms with E-state index in [4.69, 9.17) is 9.15 Å². The smallest absolute Gasteiger partial charge is 0.307 e. The van der Waals surface area contributed by atoms with Crippen LogP contribution in [0.3, 0.4) is 0 Å². The van der Waals surface area contributed by atoms with Crippen LogP contribution in [0.4, 0.5) is 0 Å². The number of rotatable bonds is 5. The maximum Gasteiger partial charge on any atom is 0.307 e. The second-order valence-electron chi connectivity index (χ2n) is 3.96. The summed E-state index contributed by atoms with van der Waals surface area (Å²) in [5.74, 6) is -0.575. The fraction of sp³-hybridized carbons (Fsp3) is 0.286. The molecule has 1 amide bonds. The Bertz CT molecular complexity index is 588. The maximum atomic E-state index is 11.9. The molecule has 2 aromatic rings. The van der Waals surface area contributed by atoms with Crippen molar-refractivity contribution >= 4 is 22.8 Å². The molecule has 0 saturated carbocycles. The van der Waals surface area contributed by atoms with E-state index in [0.717, 1.165) is 5.39 Å². The molecule has 0 aliphatic rings. The first-order valence-electron chi connectivity index (χ1n) is 6.12. The van der Waals surface area contributed by atoms with Gasteiger partial charge in [0.05, 0.1) is 18.6 Å². The van der Waals surface area contributed by atoms with Crippen molar-refractivity contribution in [3.8, 4) is 0 Å². The van der Waals surface area contributed by atoms with Crippen molar-refractivity contribution in [1.29, 1.82) is 0 Å². The van der Waals surface area contributed by atoms with Crippen LogP contribution in [-0.2, 0) is 9.53 Å². The predicted molar refractivity (Wildman–Crippen MR) is 69.8 cm³/mol. The van der Waals surface area contributed by atoms with Crippen molar-refractivity contribution in [2.45, 2.75) is 13.3 Å². The van der Waals surface area contributed by atoms with Gasteiger partial charge < -0.3 is 14.5 Å². The number of carbonyl (C=O) groups excluding carboxylic acids is 2. The van der Waals surface area contributed by atoms with Crippen molar-refractivity contribution in [2.24, 2.45) is 0 Å². The van der Waals surface area contributed by atoms with E-state index < -0.39 is 0 Å². The third kappa shape index (κ3) is 3.13. The molecule has 5 nitrogen and oxygen atoms in total. The Morgan fingerprint density at radius 2 is 2.11 bits per heavy atom. The molecule has 0 aliphatic heterocycles. The van der Waals surface area contributed by atoms with Gasteiger partial charge in [-0.15, -0.1) is 0 Å². The van der Waals surface area contributed by atoms with Gasteiger partial charge in [-0.25, -0.2) is 0 Å². The number of hydrogen-bond acceptors (Lipinski definition) is 4. The molecule has 19 heavy (non-hydrogen) atoms. The van der Waals surface area contributed by atoms with E-state index in [1.54, 1.807) is 13.0 Å². The molecule has 0 aliphatic carbocycles. The zero-order valence-corrected chi connectivity index (χ0v) is 10.6. The Morgan fingerprint density at radius 1 is 1.32 bits per heavy atom. The van der Waals surface area contributed by atoms with Gasteiger partial charge in [-0.3, -0.25) is 9.59 Å².